The largest absolute Gasteiger partial charge is 0.396 e. The molecule has 0 atom stereocenters. The summed E-state index contributed by atoms with van der Waals surface area (Å²) in [6, 6.07) is 0. The van der Waals surface area contributed by atoms with Crippen molar-refractivity contribution in [1.82, 2.24) is 0 Å². The molecular formula is C22H34O. The first-order valence-electron chi connectivity index (χ1n) is 8.96. The highest BCUT2D eigenvalue weighted by Crippen LogP contribution is 2.00. The maximum atomic E-state index is 8.62. The van der Waals surface area contributed by atoms with Gasteiger partial charge in [-0.1, -0.05) is 79.8 Å². The van der Waals surface area contributed by atoms with Crippen LogP contribution in [0.4, 0.5) is 0 Å². The normalized spacial score (nSPS) is 13.3. The maximum Gasteiger partial charge on any atom is 0.0465 e. The Morgan fingerprint density at radius 3 is 1.87 bits per heavy atom. The molecule has 128 valence electrons. The minimum Gasteiger partial charge on any atom is -0.396 e. The third kappa shape index (κ3) is 20.4. The molecule has 23 heavy (non-hydrogen) atoms. The fraction of sp³-hybridized carbons (Fsp3) is 0.455. The van der Waals surface area contributed by atoms with Crippen LogP contribution in [0.2, 0.25) is 0 Å². The quantitative estimate of drug-likeness (QED) is 0.222. The zero-order valence-electron chi connectivity index (χ0n) is 14.7. The zero-order valence-corrected chi connectivity index (χ0v) is 14.7. The second kappa shape index (κ2) is 20.4. The Morgan fingerprint density at radius 2 is 1.13 bits per heavy atom. The predicted octanol–water partition coefficient (Wildman–Crippen LogP) is 6.46. The van der Waals surface area contributed by atoms with Crippen molar-refractivity contribution >= 4 is 0 Å². The van der Waals surface area contributed by atoms with Crippen molar-refractivity contribution < 1.29 is 5.11 Å². The van der Waals surface area contributed by atoms with E-state index >= 15 is 0 Å². The number of aliphatic hydroxyl groups excluding tert-OH is 1. The standard InChI is InChI=1S/C22H34O/c1-2-3-4-5-6-7-8-9-10-11-12-13-14-15-16-17-18-19-20-21-22-23/h3-4,6-7,11-16,19-20,23H,2,5,8-10,17-18,21-22H2,1H3/b4-3+,7-6+,12-11+,14-13+,16-15+,20-19+. The van der Waals surface area contributed by atoms with E-state index in [1.54, 1.807) is 0 Å². The van der Waals surface area contributed by atoms with Crippen LogP contribution in [-0.4, -0.2) is 11.7 Å². The molecule has 0 spiro atoms. The van der Waals surface area contributed by atoms with Crippen LogP contribution >= 0.6 is 0 Å². The molecule has 0 heterocycles. The molecule has 0 aromatic heterocycles. The fourth-order valence-electron chi connectivity index (χ4n) is 1.89. The van der Waals surface area contributed by atoms with Crippen LogP contribution < -0.4 is 0 Å². The van der Waals surface area contributed by atoms with E-state index in [0.29, 0.717) is 0 Å². The third-order valence-corrected chi connectivity index (χ3v) is 3.15. The van der Waals surface area contributed by atoms with Gasteiger partial charge in [-0.15, -0.1) is 0 Å². The maximum absolute atomic E-state index is 8.62. The lowest BCUT2D eigenvalue weighted by molar-refractivity contribution is 0.302. The average Bonchev–Trinajstić information content (AvgIpc) is 2.57. The summed E-state index contributed by atoms with van der Waals surface area (Å²) < 4.78 is 0. The molecule has 0 aromatic carbocycles. The summed E-state index contributed by atoms with van der Waals surface area (Å²) in [5, 5.41) is 8.62. The van der Waals surface area contributed by atoms with Crippen molar-refractivity contribution in [3.05, 3.63) is 72.9 Å². The van der Waals surface area contributed by atoms with Crippen LogP contribution in [-0.2, 0) is 0 Å². The van der Waals surface area contributed by atoms with E-state index < -0.39 is 0 Å². The molecule has 0 amide bonds. The highest BCUT2D eigenvalue weighted by atomic mass is 16.2. The monoisotopic (exact) mass is 314 g/mol. The molecule has 0 rings (SSSR count). The summed E-state index contributed by atoms with van der Waals surface area (Å²) in [5.74, 6) is 0. The molecule has 1 nitrogen and oxygen atoms in total. The molecule has 0 bridgehead atoms. The van der Waals surface area contributed by atoms with Crippen molar-refractivity contribution in [2.24, 2.45) is 0 Å². The minimum atomic E-state index is 0.244. The van der Waals surface area contributed by atoms with Gasteiger partial charge in [-0.2, -0.15) is 0 Å². The van der Waals surface area contributed by atoms with Gasteiger partial charge in [-0.05, 0) is 51.4 Å². The minimum absolute atomic E-state index is 0.244. The number of allylic oxidation sites excluding steroid dienone is 11. The molecular weight excluding hydrogens is 280 g/mol. The summed E-state index contributed by atoms with van der Waals surface area (Å²) in [5.41, 5.74) is 0. The molecule has 0 aliphatic heterocycles. The fourth-order valence-corrected chi connectivity index (χ4v) is 1.89. The first-order chi connectivity index (χ1) is 11.4. The van der Waals surface area contributed by atoms with Gasteiger partial charge >= 0.3 is 0 Å². The van der Waals surface area contributed by atoms with Crippen LogP contribution in [0.15, 0.2) is 72.9 Å². The SMILES string of the molecule is CC/C=C/C/C=C/CCC/C=C/C=C/C=C/CC/C=C/CCO. The lowest BCUT2D eigenvalue weighted by Crippen LogP contribution is -1.75. The van der Waals surface area contributed by atoms with Gasteiger partial charge in [0, 0.05) is 6.61 Å². The highest BCUT2D eigenvalue weighted by molar-refractivity contribution is 5.11. The Labute approximate surface area is 143 Å². The van der Waals surface area contributed by atoms with Crippen LogP contribution in [0.5, 0.6) is 0 Å². The van der Waals surface area contributed by atoms with Gasteiger partial charge < -0.3 is 5.11 Å². The molecule has 0 aliphatic rings. The third-order valence-electron chi connectivity index (χ3n) is 3.15. The van der Waals surface area contributed by atoms with Gasteiger partial charge in [-0.3, -0.25) is 0 Å². The van der Waals surface area contributed by atoms with E-state index in [0.717, 1.165) is 44.9 Å². The van der Waals surface area contributed by atoms with Crippen molar-refractivity contribution in [2.45, 2.75) is 58.3 Å². The smallest absolute Gasteiger partial charge is 0.0465 e. The number of rotatable bonds is 14. The molecule has 0 fully saturated rings. The summed E-state index contributed by atoms with van der Waals surface area (Å²) >= 11 is 0. The van der Waals surface area contributed by atoms with Gasteiger partial charge in [0.25, 0.3) is 0 Å². The lowest BCUT2D eigenvalue weighted by atomic mass is 10.2. The van der Waals surface area contributed by atoms with Crippen molar-refractivity contribution in [3.8, 4) is 0 Å². The van der Waals surface area contributed by atoms with E-state index in [9.17, 15) is 0 Å². The molecule has 0 aliphatic carbocycles. The Kier molecular flexibility index (Phi) is 19.0. The van der Waals surface area contributed by atoms with Crippen LogP contribution in [0.25, 0.3) is 0 Å². The first kappa shape index (κ1) is 21.4. The molecule has 0 saturated heterocycles. The first-order valence-corrected chi connectivity index (χ1v) is 8.96. The Morgan fingerprint density at radius 1 is 0.565 bits per heavy atom. The van der Waals surface area contributed by atoms with E-state index in [1.165, 1.54) is 6.42 Å². The second-order valence-electron chi connectivity index (χ2n) is 5.32. The van der Waals surface area contributed by atoms with Gasteiger partial charge in [-0.25, -0.2) is 0 Å². The van der Waals surface area contributed by atoms with Gasteiger partial charge in [0.05, 0.1) is 0 Å². The van der Waals surface area contributed by atoms with Gasteiger partial charge in [0.1, 0.15) is 0 Å². The van der Waals surface area contributed by atoms with Crippen LogP contribution in [0.1, 0.15) is 58.3 Å². The number of unbranched alkanes of at least 4 members (excludes halogenated alkanes) is 3. The van der Waals surface area contributed by atoms with Crippen molar-refractivity contribution in [3.63, 3.8) is 0 Å². The number of hydrogen-bond donors (Lipinski definition) is 1. The molecule has 1 heteroatoms. The summed E-state index contributed by atoms with van der Waals surface area (Å²) in [6.45, 7) is 2.41. The van der Waals surface area contributed by atoms with E-state index in [1.807, 2.05) is 6.08 Å². The Bertz CT molecular complexity index is 394. The van der Waals surface area contributed by atoms with Crippen LogP contribution in [0, 0.1) is 0 Å². The highest BCUT2D eigenvalue weighted by Gasteiger charge is 1.80. The van der Waals surface area contributed by atoms with E-state index in [-0.39, 0.29) is 6.61 Å². The average molecular weight is 315 g/mol. The summed E-state index contributed by atoms with van der Waals surface area (Å²) in [7, 11) is 0. The van der Waals surface area contributed by atoms with Crippen molar-refractivity contribution in [2.75, 3.05) is 6.61 Å². The molecule has 1 N–H and O–H groups in total. The topological polar surface area (TPSA) is 20.2 Å². The van der Waals surface area contributed by atoms with E-state index in [4.69, 9.17) is 5.11 Å². The second-order valence-corrected chi connectivity index (χ2v) is 5.32. The van der Waals surface area contributed by atoms with Gasteiger partial charge in [0.2, 0.25) is 0 Å². The zero-order chi connectivity index (χ0) is 16.8. The molecule has 0 unspecified atom stereocenters. The number of hydrogen-bond acceptors (Lipinski definition) is 1. The predicted molar refractivity (Wildman–Crippen MR) is 105 cm³/mol. The lowest BCUT2D eigenvalue weighted by Gasteiger charge is -1.89. The van der Waals surface area contributed by atoms with E-state index in [2.05, 4.69) is 73.8 Å². The van der Waals surface area contributed by atoms with Crippen molar-refractivity contribution in [1.29, 1.82) is 0 Å². The Hall–Kier alpha value is -1.60. The van der Waals surface area contributed by atoms with Crippen LogP contribution in [0.3, 0.4) is 0 Å². The molecule has 0 saturated carbocycles. The Balaban J connectivity index is 3.46. The molecule has 0 radical (unpaired) electrons. The van der Waals surface area contributed by atoms with Gasteiger partial charge in [0.15, 0.2) is 0 Å². The summed E-state index contributed by atoms with van der Waals surface area (Å²) in [4.78, 5) is 0. The number of aliphatic hydroxyl groups is 1. The summed E-state index contributed by atoms with van der Waals surface area (Å²) in [6.07, 6.45) is 34.5. The molecule has 0 aromatic rings.